The van der Waals surface area contributed by atoms with Crippen LogP contribution in [-0.4, -0.2) is 45.4 Å². The van der Waals surface area contributed by atoms with E-state index in [2.05, 4.69) is 5.32 Å². The summed E-state index contributed by atoms with van der Waals surface area (Å²) in [4.78, 5) is 41.3. The Morgan fingerprint density at radius 2 is 1.87 bits per heavy atom. The van der Waals surface area contributed by atoms with Gasteiger partial charge in [0.15, 0.2) is 0 Å². The number of hydrogen-bond acceptors (Lipinski definition) is 4. The largest absolute Gasteiger partial charge is 0.480 e. The number of likely N-dealkylation sites (tertiary alicyclic amines) is 1. The second-order valence-corrected chi connectivity index (χ2v) is 9.27. The molecule has 2 heterocycles. The Kier molecular flexibility index (Phi) is 6.02. The van der Waals surface area contributed by atoms with Gasteiger partial charge < -0.3 is 5.11 Å². The van der Waals surface area contributed by atoms with Gasteiger partial charge in [0.05, 0.1) is 11.8 Å². The Morgan fingerprint density at radius 3 is 2.48 bits per heavy atom. The number of carbonyl (C=O) groups excluding carboxylic acids is 2. The molecule has 0 spiro atoms. The highest BCUT2D eigenvalue weighted by Gasteiger charge is 2.69. The van der Waals surface area contributed by atoms with Gasteiger partial charge in [0, 0.05) is 12.1 Å². The summed E-state index contributed by atoms with van der Waals surface area (Å²) in [7, 11) is 0. The quantitative estimate of drug-likeness (QED) is 0.683. The molecule has 2 saturated heterocycles. The standard InChI is InChI=1S/C25H32N2O4/c1-3-16(2)25(24(30)31)21-20(19(26-25)15-14-17-10-6-4-7-11-17)22(28)27(23(21)29)18-12-8-5-9-13-18/h4,6-7,10-11,14-16,18-21,26H,3,5,8-9,12-13H2,1-2H3,(H,30,31). The molecule has 1 aromatic rings. The minimum atomic E-state index is -1.44. The van der Waals surface area contributed by atoms with Gasteiger partial charge in [-0.3, -0.25) is 24.6 Å². The van der Waals surface area contributed by atoms with Gasteiger partial charge >= 0.3 is 5.97 Å². The molecule has 4 rings (SSSR count). The summed E-state index contributed by atoms with van der Waals surface area (Å²) in [6.07, 6.45) is 9.14. The molecule has 2 amide bonds. The van der Waals surface area contributed by atoms with E-state index in [9.17, 15) is 19.5 Å². The molecular formula is C25H32N2O4. The van der Waals surface area contributed by atoms with Crippen molar-refractivity contribution in [2.75, 3.05) is 0 Å². The van der Waals surface area contributed by atoms with Crippen molar-refractivity contribution < 1.29 is 19.5 Å². The van der Waals surface area contributed by atoms with E-state index in [1.165, 1.54) is 4.90 Å². The summed E-state index contributed by atoms with van der Waals surface area (Å²) in [6, 6.07) is 9.11. The second kappa shape index (κ2) is 8.58. The van der Waals surface area contributed by atoms with Gasteiger partial charge in [-0.1, -0.05) is 82.0 Å². The van der Waals surface area contributed by atoms with Crippen LogP contribution in [0.3, 0.4) is 0 Å². The first-order valence-corrected chi connectivity index (χ1v) is 11.5. The lowest BCUT2D eigenvalue weighted by molar-refractivity contribution is -0.155. The smallest absolute Gasteiger partial charge is 0.325 e. The van der Waals surface area contributed by atoms with Crippen LogP contribution in [0.5, 0.6) is 0 Å². The molecule has 5 atom stereocenters. The van der Waals surface area contributed by atoms with Gasteiger partial charge in [-0.25, -0.2) is 0 Å². The number of carbonyl (C=O) groups is 3. The molecule has 0 bridgehead atoms. The van der Waals surface area contributed by atoms with Crippen LogP contribution in [-0.2, 0) is 14.4 Å². The lowest BCUT2D eigenvalue weighted by Crippen LogP contribution is -2.61. The maximum absolute atomic E-state index is 13.6. The fraction of sp³-hybridized carbons (Fsp3) is 0.560. The Hall–Kier alpha value is -2.47. The van der Waals surface area contributed by atoms with Gasteiger partial charge in [-0.05, 0) is 24.3 Å². The number of rotatable bonds is 6. The second-order valence-electron chi connectivity index (χ2n) is 9.27. The van der Waals surface area contributed by atoms with Gasteiger partial charge in [0.2, 0.25) is 11.8 Å². The van der Waals surface area contributed by atoms with Crippen molar-refractivity contribution in [1.29, 1.82) is 0 Å². The molecule has 0 aromatic heterocycles. The number of nitrogens with zero attached hydrogens (tertiary/aromatic N) is 1. The number of nitrogens with one attached hydrogen (secondary N) is 1. The summed E-state index contributed by atoms with van der Waals surface area (Å²) in [5.41, 5.74) is -0.473. The normalized spacial score (nSPS) is 32.6. The molecule has 2 N–H and O–H groups in total. The molecule has 0 radical (unpaired) electrons. The molecule has 5 unspecified atom stereocenters. The topological polar surface area (TPSA) is 86.7 Å². The first-order valence-electron chi connectivity index (χ1n) is 11.5. The van der Waals surface area contributed by atoms with Crippen LogP contribution < -0.4 is 5.32 Å². The average molecular weight is 425 g/mol. The number of fused-ring (bicyclic) bond motifs is 1. The number of amides is 2. The third kappa shape index (κ3) is 3.51. The van der Waals surface area contributed by atoms with Crippen molar-refractivity contribution in [2.45, 2.75) is 70.0 Å². The summed E-state index contributed by atoms with van der Waals surface area (Å²) < 4.78 is 0. The minimum Gasteiger partial charge on any atom is -0.480 e. The Balaban J connectivity index is 1.75. The Bertz CT molecular complexity index is 877. The predicted octanol–water partition coefficient (Wildman–Crippen LogP) is 3.48. The zero-order chi connectivity index (χ0) is 22.2. The van der Waals surface area contributed by atoms with Crippen molar-refractivity contribution >= 4 is 23.9 Å². The van der Waals surface area contributed by atoms with Crippen molar-refractivity contribution in [1.82, 2.24) is 10.2 Å². The molecule has 166 valence electrons. The predicted molar refractivity (Wildman–Crippen MR) is 118 cm³/mol. The molecule has 6 heteroatoms. The van der Waals surface area contributed by atoms with E-state index < -0.39 is 29.4 Å². The van der Waals surface area contributed by atoms with Crippen molar-refractivity contribution in [3.05, 3.63) is 42.0 Å². The molecule has 2 aliphatic heterocycles. The highest BCUT2D eigenvalue weighted by atomic mass is 16.4. The molecule has 31 heavy (non-hydrogen) atoms. The van der Waals surface area contributed by atoms with E-state index in [0.29, 0.717) is 6.42 Å². The summed E-state index contributed by atoms with van der Waals surface area (Å²) >= 11 is 0. The summed E-state index contributed by atoms with van der Waals surface area (Å²) in [5.74, 6) is -3.40. The van der Waals surface area contributed by atoms with Crippen LogP contribution in [0.2, 0.25) is 0 Å². The maximum Gasteiger partial charge on any atom is 0.325 e. The fourth-order valence-corrected chi connectivity index (χ4v) is 5.83. The van der Waals surface area contributed by atoms with Gasteiger partial charge in [-0.2, -0.15) is 0 Å². The zero-order valence-electron chi connectivity index (χ0n) is 18.3. The van der Waals surface area contributed by atoms with Gasteiger partial charge in [-0.15, -0.1) is 0 Å². The summed E-state index contributed by atoms with van der Waals surface area (Å²) in [5, 5.41) is 13.6. The Labute approximate surface area is 183 Å². The highest BCUT2D eigenvalue weighted by molar-refractivity contribution is 6.10. The van der Waals surface area contributed by atoms with E-state index in [1.807, 2.05) is 56.3 Å². The first-order chi connectivity index (χ1) is 14.9. The average Bonchev–Trinajstić information content (AvgIpc) is 3.27. The molecule has 3 fully saturated rings. The monoisotopic (exact) mass is 424 g/mol. The molecule has 1 saturated carbocycles. The van der Waals surface area contributed by atoms with Crippen LogP contribution in [0.25, 0.3) is 6.08 Å². The number of benzene rings is 1. The van der Waals surface area contributed by atoms with E-state index >= 15 is 0 Å². The fourth-order valence-electron chi connectivity index (χ4n) is 5.83. The molecule has 3 aliphatic rings. The van der Waals surface area contributed by atoms with Crippen LogP contribution in [0.1, 0.15) is 57.9 Å². The van der Waals surface area contributed by atoms with Crippen molar-refractivity contribution in [3.63, 3.8) is 0 Å². The number of hydrogen-bond donors (Lipinski definition) is 2. The zero-order valence-corrected chi connectivity index (χ0v) is 18.3. The van der Waals surface area contributed by atoms with Crippen LogP contribution >= 0.6 is 0 Å². The lowest BCUT2D eigenvalue weighted by atomic mass is 9.72. The Morgan fingerprint density at radius 1 is 1.19 bits per heavy atom. The van der Waals surface area contributed by atoms with Crippen LogP contribution in [0, 0.1) is 17.8 Å². The van der Waals surface area contributed by atoms with E-state index in [1.54, 1.807) is 0 Å². The SMILES string of the molecule is CCC(C)C1(C(=O)O)NC(C=Cc2ccccc2)C2C(=O)N(C3CCCCC3)C(=O)C21. The van der Waals surface area contributed by atoms with Crippen molar-refractivity contribution in [2.24, 2.45) is 17.8 Å². The van der Waals surface area contributed by atoms with E-state index in [-0.39, 0.29) is 23.8 Å². The minimum absolute atomic E-state index is 0.0958. The molecule has 6 nitrogen and oxygen atoms in total. The molecule has 1 aromatic carbocycles. The van der Waals surface area contributed by atoms with Crippen LogP contribution in [0.15, 0.2) is 36.4 Å². The number of carboxylic acid groups (broad SMARTS) is 1. The highest BCUT2D eigenvalue weighted by Crippen LogP contribution is 2.49. The van der Waals surface area contributed by atoms with Gasteiger partial charge in [0.25, 0.3) is 0 Å². The van der Waals surface area contributed by atoms with Gasteiger partial charge in [0.1, 0.15) is 5.54 Å². The third-order valence-electron chi connectivity index (χ3n) is 7.65. The molecule has 1 aliphatic carbocycles. The first kappa shape index (κ1) is 21.8. The lowest BCUT2D eigenvalue weighted by Gasteiger charge is -2.37. The van der Waals surface area contributed by atoms with Crippen LogP contribution in [0.4, 0.5) is 0 Å². The summed E-state index contributed by atoms with van der Waals surface area (Å²) in [6.45, 7) is 3.79. The molecular weight excluding hydrogens is 392 g/mol. The van der Waals surface area contributed by atoms with E-state index in [4.69, 9.17) is 0 Å². The maximum atomic E-state index is 13.6. The number of aliphatic carboxylic acids is 1. The van der Waals surface area contributed by atoms with E-state index in [0.717, 1.165) is 37.7 Å². The number of imide groups is 1. The third-order valence-corrected chi connectivity index (χ3v) is 7.65. The number of carboxylic acids is 1. The van der Waals surface area contributed by atoms with Crippen molar-refractivity contribution in [3.8, 4) is 0 Å².